The predicted molar refractivity (Wildman–Crippen MR) is 153 cm³/mol. The van der Waals surface area contributed by atoms with Crippen molar-refractivity contribution >= 4 is 81.5 Å². The second-order valence-corrected chi connectivity index (χ2v) is 13.9. The normalized spacial score (nSPS) is 11.8. The van der Waals surface area contributed by atoms with Crippen LogP contribution in [0.15, 0.2) is 61.3 Å². The van der Waals surface area contributed by atoms with Gasteiger partial charge in [-0.15, -0.1) is 10.2 Å². The van der Waals surface area contributed by atoms with Gasteiger partial charge in [0.25, 0.3) is 0 Å². The number of nitrogens with one attached hydrogen (secondary N) is 1. The molecule has 0 unspecified atom stereocenters. The van der Waals surface area contributed by atoms with Crippen molar-refractivity contribution < 1.29 is 146 Å². The second kappa shape index (κ2) is 17.6. The number of phenolic OH excluding ortho intramolecular Hbond substituents is 1. The Morgan fingerprint density at radius 2 is 1.46 bits per heavy atom. The van der Waals surface area contributed by atoms with E-state index >= 15 is 0 Å². The van der Waals surface area contributed by atoms with Crippen LogP contribution < -0.4 is 98.9 Å². The van der Waals surface area contributed by atoms with Gasteiger partial charge in [0, 0.05) is 25.9 Å². The van der Waals surface area contributed by atoms with E-state index in [0.717, 1.165) is 36.1 Å². The van der Waals surface area contributed by atoms with Crippen molar-refractivity contribution in [2.75, 3.05) is 17.3 Å². The third kappa shape index (κ3) is 10.6. The molecule has 0 radical (unpaired) electrons. The van der Waals surface area contributed by atoms with E-state index < -0.39 is 102 Å². The van der Waals surface area contributed by atoms with Crippen LogP contribution in [0.25, 0.3) is 10.8 Å². The number of benzene rings is 3. The fraction of sp³-hybridized carbons (Fsp3) is 0.125. The molecule has 0 saturated heterocycles. The molecular weight excluding hydrogens is 787 g/mol. The van der Waals surface area contributed by atoms with Crippen molar-refractivity contribution in [1.29, 1.82) is 0 Å². The summed E-state index contributed by atoms with van der Waals surface area (Å²) >= 11 is 5.81. The summed E-state index contributed by atoms with van der Waals surface area (Å²) in [4.78, 5) is 15.5. The minimum Gasteiger partial charge on any atom is -0.744 e. The molecule has 1 heterocycles. The minimum absolute atomic E-state index is 0. The summed E-state index contributed by atoms with van der Waals surface area (Å²) in [6, 6.07) is 4.71. The fourth-order valence-corrected chi connectivity index (χ4v) is 6.39. The van der Waals surface area contributed by atoms with Crippen LogP contribution in [0.3, 0.4) is 0 Å². The van der Waals surface area contributed by atoms with Gasteiger partial charge in [0.15, 0.2) is 11.6 Å². The number of carbonyl (C=O) groups excluding carboxylic acids is 1. The second-order valence-electron chi connectivity index (χ2n) is 9.43. The molecule has 0 spiro atoms. The Morgan fingerprint density at radius 3 is 2.00 bits per heavy atom. The number of rotatable bonds is 9. The third-order valence-electron chi connectivity index (χ3n) is 6.12. The average molecular weight is 803 g/mol. The number of hydrogen-bond acceptors (Lipinski definition) is 16. The molecule has 250 valence electrons. The van der Waals surface area contributed by atoms with Crippen molar-refractivity contribution in [3.05, 3.63) is 59.0 Å². The average Bonchev–Trinajstić information content (AvgIpc) is 2.92. The first-order valence-electron chi connectivity index (χ1n) is 12.2. The molecule has 0 aliphatic carbocycles. The number of hydrogen-bond donors (Lipinski definition) is 2. The first kappa shape index (κ1) is 46.6. The zero-order valence-electron chi connectivity index (χ0n) is 26.3. The quantitative estimate of drug-likeness (QED) is 0.0525. The number of carbonyl (C=O) groups is 1. The molecule has 4 rings (SSSR count). The van der Waals surface area contributed by atoms with Gasteiger partial charge in [0.2, 0.25) is 11.9 Å². The molecule has 1 amide bonds. The number of phenols is 1. The molecule has 26 heteroatoms. The van der Waals surface area contributed by atoms with Gasteiger partial charge in [-0.3, -0.25) is 4.79 Å². The smallest absolute Gasteiger partial charge is 0.744 e. The molecule has 0 aliphatic heterocycles. The number of azo groups is 1. The van der Waals surface area contributed by atoms with Crippen molar-refractivity contribution in [3.8, 4) is 5.75 Å². The molecule has 1 aromatic heterocycles. The summed E-state index contributed by atoms with van der Waals surface area (Å²) in [6.45, 7) is 0.685. The number of amides is 1. The van der Waals surface area contributed by atoms with Crippen molar-refractivity contribution in [3.63, 3.8) is 0 Å². The van der Waals surface area contributed by atoms with E-state index in [4.69, 9.17) is 11.6 Å². The number of halogens is 3. The van der Waals surface area contributed by atoms with Gasteiger partial charge in [0.1, 0.15) is 46.8 Å². The Balaban J connectivity index is 0.00000417. The number of fused-ring (bicyclic) bond motifs is 1. The van der Waals surface area contributed by atoms with E-state index in [1.807, 2.05) is 0 Å². The first-order chi connectivity index (χ1) is 21.6. The Bertz CT molecular complexity index is 2360. The van der Waals surface area contributed by atoms with Crippen LogP contribution in [0.1, 0.15) is 12.5 Å². The third-order valence-corrected chi connectivity index (χ3v) is 9.08. The summed E-state index contributed by atoms with van der Waals surface area (Å²) < 4.78 is 136. The Morgan fingerprint density at radius 1 is 0.900 bits per heavy atom. The molecule has 2 N–H and O–H groups in total. The molecule has 17 nitrogen and oxygen atoms in total. The standard InChI is InChI=1S/C24H19ClF2N6O11S3.3Na/c1-10(34)28-13-4-6-15(45(36,37)38)12-8-17(47(42,43)44)20(21(35)18(12)13)32-31-14-7-11(3-5-16(14)46(39,40)41)9-33(2)23-19(25)22(26)29-24(27)30-23;;;/h3-8,35H,9H2,1-2H3,(H,28,34)(H,36,37,38)(H,39,40,41)(H,42,43,44);;;/q;3*+1/p-3. The molecule has 0 atom stereocenters. The van der Waals surface area contributed by atoms with Gasteiger partial charge < -0.3 is 29.0 Å². The van der Waals surface area contributed by atoms with E-state index in [2.05, 4.69) is 25.5 Å². The van der Waals surface area contributed by atoms with Crippen LogP contribution in [0, 0.1) is 12.0 Å². The van der Waals surface area contributed by atoms with Gasteiger partial charge in [-0.05, 0) is 35.9 Å². The van der Waals surface area contributed by atoms with Crippen LogP contribution in [-0.4, -0.2) is 66.9 Å². The van der Waals surface area contributed by atoms with Crippen molar-refractivity contribution in [2.24, 2.45) is 10.2 Å². The van der Waals surface area contributed by atoms with E-state index in [-0.39, 0.29) is 106 Å². The molecule has 0 aliphatic rings. The maximum atomic E-state index is 13.8. The van der Waals surface area contributed by atoms with Gasteiger partial charge in [-0.1, -0.05) is 17.7 Å². The van der Waals surface area contributed by atoms with Crippen LogP contribution in [0.4, 0.5) is 31.7 Å². The van der Waals surface area contributed by atoms with Crippen molar-refractivity contribution in [2.45, 2.75) is 28.2 Å². The Kier molecular flexibility index (Phi) is 16.4. The fourth-order valence-electron chi connectivity index (χ4n) is 4.27. The molecule has 50 heavy (non-hydrogen) atoms. The van der Waals surface area contributed by atoms with Crippen LogP contribution in [0.5, 0.6) is 5.75 Å². The number of aromatic nitrogens is 2. The largest absolute Gasteiger partial charge is 1.00 e. The summed E-state index contributed by atoms with van der Waals surface area (Å²) in [5.74, 6) is -3.88. The Labute approximate surface area is 354 Å². The zero-order chi connectivity index (χ0) is 35.2. The monoisotopic (exact) mass is 802 g/mol. The molecule has 0 saturated carbocycles. The van der Waals surface area contributed by atoms with Crippen LogP contribution in [-0.2, 0) is 41.7 Å². The van der Waals surface area contributed by atoms with Gasteiger partial charge >= 0.3 is 94.8 Å². The van der Waals surface area contributed by atoms with Crippen LogP contribution in [0.2, 0.25) is 5.02 Å². The first-order valence-corrected chi connectivity index (χ1v) is 16.8. The molecule has 0 fully saturated rings. The number of anilines is 2. The molecular formula is C24H16ClF2N6Na3O11S3. The topological polar surface area (TPSA) is 275 Å². The van der Waals surface area contributed by atoms with Crippen LogP contribution >= 0.6 is 11.6 Å². The van der Waals surface area contributed by atoms with E-state index in [1.165, 1.54) is 7.05 Å². The number of aromatic hydroxyl groups is 1. The zero-order valence-corrected chi connectivity index (χ0v) is 35.5. The molecule has 4 aromatic rings. The van der Waals surface area contributed by atoms with Gasteiger partial charge in [-0.2, -0.15) is 18.7 Å². The van der Waals surface area contributed by atoms with E-state index in [1.54, 1.807) is 0 Å². The summed E-state index contributed by atoms with van der Waals surface area (Å²) in [6.07, 6.45) is -1.46. The van der Waals surface area contributed by atoms with Gasteiger partial charge in [0.05, 0.1) is 25.8 Å². The van der Waals surface area contributed by atoms with E-state index in [0.29, 0.717) is 12.1 Å². The molecule has 3 aromatic carbocycles. The summed E-state index contributed by atoms with van der Waals surface area (Å²) in [5, 5.41) is 18.2. The Hall–Kier alpha value is -1.45. The minimum atomic E-state index is -5.67. The predicted octanol–water partition coefficient (Wildman–Crippen LogP) is -6.00. The maximum absolute atomic E-state index is 13.8. The molecule has 0 bridgehead atoms. The number of nitrogens with zero attached hydrogens (tertiary/aromatic N) is 5. The summed E-state index contributed by atoms with van der Waals surface area (Å²) in [7, 11) is -15.1. The summed E-state index contributed by atoms with van der Waals surface area (Å²) in [5.41, 5.74) is -2.28. The SMILES string of the molecule is CC(=O)Nc1ccc(S(=O)(=O)[O-])c2cc(S(=O)(=O)[O-])c(N=Nc3cc(CN(C)c4nc(F)nc(F)c4Cl)ccc3S(=O)(=O)[O-])c(O)c12.[Na+].[Na+].[Na+]. The van der Waals surface area contributed by atoms with Crippen molar-refractivity contribution in [1.82, 2.24) is 9.97 Å². The maximum Gasteiger partial charge on any atom is 1.00 e. The van der Waals surface area contributed by atoms with Gasteiger partial charge in [-0.25, -0.2) is 25.3 Å². The van der Waals surface area contributed by atoms with E-state index in [9.17, 15) is 57.6 Å².